The molecule has 1 amide bonds. The first-order valence-electron chi connectivity index (χ1n) is 6.98. The van der Waals surface area contributed by atoms with Crippen LogP contribution in [-0.2, 0) is 4.74 Å². The van der Waals surface area contributed by atoms with E-state index >= 15 is 0 Å². The number of amides is 1. The molecular weight excluding hydrogens is 276 g/mol. The Morgan fingerprint density at radius 1 is 1.20 bits per heavy atom. The minimum absolute atomic E-state index is 0. The molecule has 0 bridgehead atoms. The molecule has 2 aliphatic heterocycles. The Bertz CT molecular complexity index is 436. The molecule has 2 saturated heterocycles. The summed E-state index contributed by atoms with van der Waals surface area (Å²) in [7, 11) is 0. The van der Waals surface area contributed by atoms with Crippen molar-refractivity contribution in [3.05, 3.63) is 35.9 Å². The number of nitrogens with zero attached hydrogens (tertiary/aromatic N) is 1. The molecule has 3 rings (SSSR count). The van der Waals surface area contributed by atoms with Gasteiger partial charge in [0.2, 0.25) is 0 Å². The summed E-state index contributed by atoms with van der Waals surface area (Å²) in [6.07, 6.45) is 1.86. The monoisotopic (exact) mass is 296 g/mol. The third kappa shape index (κ3) is 3.14. The van der Waals surface area contributed by atoms with Crippen molar-refractivity contribution in [2.75, 3.05) is 32.8 Å². The maximum absolute atomic E-state index is 12.3. The molecule has 1 N–H and O–H groups in total. The van der Waals surface area contributed by atoms with Gasteiger partial charge in [-0.2, -0.15) is 0 Å². The Morgan fingerprint density at radius 3 is 2.50 bits per heavy atom. The molecule has 0 radical (unpaired) electrons. The molecule has 0 unspecified atom stereocenters. The SMILES string of the molecule is Cl.O=C(c1ccccc1)N1CCC2(CC1)CNCCO2. The summed E-state index contributed by atoms with van der Waals surface area (Å²) in [6.45, 7) is 4.21. The van der Waals surface area contributed by atoms with Crippen molar-refractivity contribution < 1.29 is 9.53 Å². The summed E-state index contributed by atoms with van der Waals surface area (Å²) in [6, 6.07) is 9.51. The maximum atomic E-state index is 12.3. The predicted octanol–water partition coefficient (Wildman–Crippen LogP) is 1.70. The number of carbonyl (C=O) groups is 1. The summed E-state index contributed by atoms with van der Waals surface area (Å²) in [5.74, 6) is 0.138. The van der Waals surface area contributed by atoms with Gasteiger partial charge in [-0.15, -0.1) is 12.4 Å². The van der Waals surface area contributed by atoms with E-state index in [-0.39, 0.29) is 23.9 Å². The lowest BCUT2D eigenvalue weighted by atomic mass is 9.90. The molecule has 2 aliphatic rings. The van der Waals surface area contributed by atoms with Crippen LogP contribution >= 0.6 is 12.4 Å². The van der Waals surface area contributed by atoms with E-state index < -0.39 is 0 Å². The molecular formula is C15H21ClN2O2. The molecule has 1 aromatic rings. The first kappa shape index (κ1) is 15.3. The van der Waals surface area contributed by atoms with Gasteiger partial charge in [0.1, 0.15) is 0 Å². The summed E-state index contributed by atoms with van der Waals surface area (Å²) in [4.78, 5) is 14.3. The van der Waals surface area contributed by atoms with Crippen LogP contribution in [0, 0.1) is 0 Å². The number of piperidine rings is 1. The molecule has 0 aliphatic carbocycles. The second-order valence-electron chi connectivity index (χ2n) is 5.37. The van der Waals surface area contributed by atoms with Crippen molar-refractivity contribution in [1.82, 2.24) is 10.2 Å². The fraction of sp³-hybridized carbons (Fsp3) is 0.533. The molecule has 2 fully saturated rings. The van der Waals surface area contributed by atoms with Crippen LogP contribution in [0.5, 0.6) is 0 Å². The number of likely N-dealkylation sites (tertiary alicyclic amines) is 1. The highest BCUT2D eigenvalue weighted by molar-refractivity contribution is 5.94. The Balaban J connectivity index is 0.00000147. The van der Waals surface area contributed by atoms with Gasteiger partial charge in [-0.1, -0.05) is 18.2 Å². The van der Waals surface area contributed by atoms with Gasteiger partial charge < -0.3 is 15.0 Å². The molecule has 110 valence electrons. The molecule has 0 atom stereocenters. The zero-order valence-electron chi connectivity index (χ0n) is 11.5. The van der Waals surface area contributed by atoms with Gasteiger partial charge >= 0.3 is 0 Å². The van der Waals surface area contributed by atoms with E-state index in [0.29, 0.717) is 0 Å². The van der Waals surface area contributed by atoms with Crippen molar-refractivity contribution in [3.63, 3.8) is 0 Å². The van der Waals surface area contributed by atoms with E-state index in [0.717, 1.165) is 51.2 Å². The number of ether oxygens (including phenoxy) is 1. The first-order valence-corrected chi connectivity index (χ1v) is 6.98. The molecule has 20 heavy (non-hydrogen) atoms. The molecule has 1 aromatic carbocycles. The van der Waals surface area contributed by atoms with Gasteiger partial charge in [0.25, 0.3) is 5.91 Å². The molecule has 1 spiro atoms. The summed E-state index contributed by atoms with van der Waals surface area (Å²) in [5, 5.41) is 3.39. The van der Waals surface area contributed by atoms with Crippen molar-refractivity contribution in [2.45, 2.75) is 18.4 Å². The summed E-state index contributed by atoms with van der Waals surface area (Å²) >= 11 is 0. The largest absolute Gasteiger partial charge is 0.372 e. The standard InChI is InChI=1S/C15H20N2O2.ClH/c18-14(13-4-2-1-3-5-13)17-9-6-15(7-10-17)12-16-8-11-19-15;/h1-5,16H,6-12H2;1H. The Hall–Kier alpha value is -1.10. The number of rotatable bonds is 1. The van der Waals surface area contributed by atoms with Gasteiger partial charge in [0.05, 0.1) is 12.2 Å². The highest BCUT2D eigenvalue weighted by Crippen LogP contribution is 2.28. The van der Waals surface area contributed by atoms with Crippen LogP contribution in [0.25, 0.3) is 0 Å². The van der Waals surface area contributed by atoms with Crippen LogP contribution in [0.15, 0.2) is 30.3 Å². The first-order chi connectivity index (χ1) is 9.29. The van der Waals surface area contributed by atoms with Crippen LogP contribution in [0.1, 0.15) is 23.2 Å². The van der Waals surface area contributed by atoms with Gasteiger partial charge in [-0.3, -0.25) is 4.79 Å². The molecule has 0 aromatic heterocycles. The number of hydrogen-bond acceptors (Lipinski definition) is 3. The Labute approximate surface area is 125 Å². The molecule has 4 nitrogen and oxygen atoms in total. The van der Waals surface area contributed by atoms with Gasteiger partial charge in [0.15, 0.2) is 0 Å². The van der Waals surface area contributed by atoms with Gasteiger partial charge in [0, 0.05) is 31.7 Å². The summed E-state index contributed by atoms with van der Waals surface area (Å²) < 4.78 is 5.94. The minimum Gasteiger partial charge on any atom is -0.372 e. The van der Waals surface area contributed by atoms with E-state index in [2.05, 4.69) is 5.32 Å². The van der Waals surface area contributed by atoms with Crippen LogP contribution in [0.2, 0.25) is 0 Å². The number of benzene rings is 1. The molecule has 0 saturated carbocycles. The Morgan fingerprint density at radius 2 is 1.90 bits per heavy atom. The highest BCUT2D eigenvalue weighted by atomic mass is 35.5. The number of halogens is 1. The lowest BCUT2D eigenvalue weighted by Gasteiger charge is -2.44. The normalized spacial score (nSPS) is 21.3. The third-order valence-electron chi connectivity index (χ3n) is 4.12. The van der Waals surface area contributed by atoms with Crippen LogP contribution in [-0.4, -0.2) is 49.2 Å². The maximum Gasteiger partial charge on any atom is 0.253 e. The zero-order chi connectivity index (χ0) is 13.1. The average Bonchev–Trinajstić information content (AvgIpc) is 2.49. The van der Waals surface area contributed by atoms with Crippen molar-refractivity contribution in [2.24, 2.45) is 0 Å². The molecule has 2 heterocycles. The fourth-order valence-corrected chi connectivity index (χ4v) is 2.91. The van der Waals surface area contributed by atoms with Gasteiger partial charge in [-0.25, -0.2) is 0 Å². The van der Waals surface area contributed by atoms with Crippen LogP contribution < -0.4 is 5.32 Å². The highest BCUT2D eigenvalue weighted by Gasteiger charge is 2.38. The van der Waals surface area contributed by atoms with E-state index in [1.165, 1.54) is 0 Å². The quantitative estimate of drug-likeness (QED) is 0.858. The number of nitrogens with one attached hydrogen (secondary N) is 1. The topological polar surface area (TPSA) is 41.6 Å². The van der Waals surface area contributed by atoms with Gasteiger partial charge in [-0.05, 0) is 25.0 Å². The summed E-state index contributed by atoms with van der Waals surface area (Å²) in [5.41, 5.74) is 0.743. The van der Waals surface area contributed by atoms with Crippen molar-refractivity contribution in [1.29, 1.82) is 0 Å². The lowest BCUT2D eigenvalue weighted by molar-refractivity contribution is -0.0954. The van der Waals surface area contributed by atoms with E-state index in [9.17, 15) is 4.79 Å². The number of carbonyl (C=O) groups excluding carboxylic acids is 1. The van der Waals surface area contributed by atoms with Crippen LogP contribution in [0.3, 0.4) is 0 Å². The van der Waals surface area contributed by atoms with E-state index in [1.54, 1.807) is 0 Å². The zero-order valence-corrected chi connectivity index (χ0v) is 12.3. The second kappa shape index (κ2) is 6.57. The van der Waals surface area contributed by atoms with Crippen LogP contribution in [0.4, 0.5) is 0 Å². The average molecular weight is 297 g/mol. The third-order valence-corrected chi connectivity index (χ3v) is 4.12. The number of hydrogen-bond donors (Lipinski definition) is 1. The van der Waals surface area contributed by atoms with Crippen molar-refractivity contribution in [3.8, 4) is 0 Å². The smallest absolute Gasteiger partial charge is 0.253 e. The Kier molecular flexibility index (Phi) is 5.02. The van der Waals surface area contributed by atoms with Crippen molar-refractivity contribution >= 4 is 18.3 Å². The second-order valence-corrected chi connectivity index (χ2v) is 5.37. The predicted molar refractivity (Wildman–Crippen MR) is 80.4 cm³/mol. The lowest BCUT2D eigenvalue weighted by Crippen LogP contribution is -2.56. The molecule has 5 heteroatoms. The van der Waals surface area contributed by atoms with E-state index in [4.69, 9.17) is 4.74 Å². The van der Waals surface area contributed by atoms with E-state index in [1.807, 2.05) is 35.2 Å². The minimum atomic E-state index is -0.0360. The number of morpholine rings is 1. The fourth-order valence-electron chi connectivity index (χ4n) is 2.91.